The van der Waals surface area contributed by atoms with Gasteiger partial charge in [-0.25, -0.2) is 4.68 Å². The highest BCUT2D eigenvalue weighted by atomic mass is 19.4. The Bertz CT molecular complexity index is 1160. The summed E-state index contributed by atoms with van der Waals surface area (Å²) in [5.41, 5.74) is -0.311. The second-order valence-corrected chi connectivity index (χ2v) is 8.35. The summed E-state index contributed by atoms with van der Waals surface area (Å²) in [6, 6.07) is 8.37. The Labute approximate surface area is 200 Å². The van der Waals surface area contributed by atoms with Gasteiger partial charge in [0, 0.05) is 45.1 Å². The number of hydrogen-bond donors (Lipinski definition) is 1. The Morgan fingerprint density at radius 3 is 2.43 bits per heavy atom. The summed E-state index contributed by atoms with van der Waals surface area (Å²) >= 11 is 0. The van der Waals surface area contributed by atoms with Gasteiger partial charge in [-0.2, -0.15) is 18.3 Å². The minimum atomic E-state index is -4.50. The van der Waals surface area contributed by atoms with E-state index < -0.39 is 11.7 Å². The van der Waals surface area contributed by atoms with Gasteiger partial charge in [0.2, 0.25) is 5.91 Å². The van der Waals surface area contributed by atoms with Gasteiger partial charge in [-0.05, 0) is 36.8 Å². The van der Waals surface area contributed by atoms with Crippen LogP contribution in [-0.2, 0) is 11.0 Å². The second kappa shape index (κ2) is 10.3. The van der Waals surface area contributed by atoms with Crippen LogP contribution in [0.25, 0.3) is 11.5 Å². The van der Waals surface area contributed by atoms with Gasteiger partial charge < -0.3 is 14.8 Å². The molecule has 1 aromatic carbocycles. The van der Waals surface area contributed by atoms with Crippen molar-refractivity contribution in [3.05, 3.63) is 66.1 Å². The monoisotopic (exact) mass is 488 g/mol. The van der Waals surface area contributed by atoms with E-state index in [9.17, 15) is 22.8 Å². The zero-order valence-electron chi connectivity index (χ0n) is 19.3. The lowest BCUT2D eigenvalue weighted by Crippen LogP contribution is -2.51. The van der Waals surface area contributed by atoms with Crippen molar-refractivity contribution in [1.82, 2.24) is 29.5 Å². The molecule has 1 N–H and O–H groups in total. The molecule has 1 aliphatic heterocycles. The SMILES string of the molecule is CCCNC(=O)CN1CCN(C(=O)c2cnn(-c3cccc(C(F)(F)F)c3)c2-n2cccc2)CC1. The zero-order valence-corrected chi connectivity index (χ0v) is 19.3. The molecule has 0 atom stereocenters. The quantitative estimate of drug-likeness (QED) is 0.555. The number of carbonyl (C=O) groups is 2. The summed E-state index contributed by atoms with van der Waals surface area (Å²) in [7, 11) is 0. The van der Waals surface area contributed by atoms with Crippen LogP contribution in [0.5, 0.6) is 0 Å². The number of amides is 2. The highest BCUT2D eigenvalue weighted by Gasteiger charge is 2.32. The van der Waals surface area contributed by atoms with E-state index in [0.29, 0.717) is 38.5 Å². The van der Waals surface area contributed by atoms with Crippen LogP contribution in [-0.4, -0.2) is 75.2 Å². The van der Waals surface area contributed by atoms with E-state index in [1.54, 1.807) is 34.0 Å². The average Bonchev–Trinajstić information content (AvgIpc) is 3.52. The fraction of sp³-hybridized carbons (Fsp3) is 0.375. The molecular formula is C24H27F3N6O2. The first-order chi connectivity index (χ1) is 16.8. The third-order valence-electron chi connectivity index (χ3n) is 5.84. The van der Waals surface area contributed by atoms with Crippen LogP contribution in [0, 0.1) is 0 Å². The van der Waals surface area contributed by atoms with Crippen molar-refractivity contribution in [3.8, 4) is 11.5 Å². The van der Waals surface area contributed by atoms with Gasteiger partial charge in [0.15, 0.2) is 5.82 Å². The number of hydrogen-bond acceptors (Lipinski definition) is 4. The first kappa shape index (κ1) is 24.5. The predicted octanol–water partition coefficient (Wildman–Crippen LogP) is 2.97. The first-order valence-electron chi connectivity index (χ1n) is 11.4. The number of alkyl halides is 3. The minimum Gasteiger partial charge on any atom is -0.355 e. The van der Waals surface area contributed by atoms with Crippen molar-refractivity contribution >= 4 is 11.8 Å². The predicted molar refractivity (Wildman–Crippen MR) is 124 cm³/mol. The van der Waals surface area contributed by atoms with Crippen LogP contribution in [0.1, 0.15) is 29.3 Å². The molecule has 0 saturated carbocycles. The largest absolute Gasteiger partial charge is 0.416 e. The molecule has 35 heavy (non-hydrogen) atoms. The molecule has 0 spiro atoms. The summed E-state index contributed by atoms with van der Waals surface area (Å²) in [5.74, 6) is 0.0617. The highest BCUT2D eigenvalue weighted by molar-refractivity contribution is 5.97. The van der Waals surface area contributed by atoms with Gasteiger partial charge in [-0.1, -0.05) is 13.0 Å². The normalized spacial score (nSPS) is 14.8. The molecular weight excluding hydrogens is 461 g/mol. The van der Waals surface area contributed by atoms with Gasteiger partial charge in [-0.15, -0.1) is 0 Å². The van der Waals surface area contributed by atoms with Crippen LogP contribution < -0.4 is 5.32 Å². The Morgan fingerprint density at radius 1 is 1.06 bits per heavy atom. The smallest absolute Gasteiger partial charge is 0.355 e. The molecule has 11 heteroatoms. The number of aromatic nitrogens is 3. The van der Waals surface area contributed by atoms with Crippen LogP contribution in [0.15, 0.2) is 55.0 Å². The van der Waals surface area contributed by atoms with Gasteiger partial charge in [0.25, 0.3) is 5.91 Å². The molecule has 2 aromatic heterocycles. The Hall–Kier alpha value is -3.60. The van der Waals surface area contributed by atoms with Crippen molar-refractivity contribution in [1.29, 1.82) is 0 Å². The minimum absolute atomic E-state index is 0.0381. The molecule has 0 bridgehead atoms. The molecule has 0 aliphatic carbocycles. The van der Waals surface area contributed by atoms with Crippen molar-refractivity contribution in [2.24, 2.45) is 0 Å². The average molecular weight is 489 g/mol. The van der Waals surface area contributed by atoms with E-state index in [1.807, 2.05) is 11.8 Å². The molecule has 1 fully saturated rings. The number of nitrogens with zero attached hydrogens (tertiary/aromatic N) is 5. The summed E-state index contributed by atoms with van der Waals surface area (Å²) in [5, 5.41) is 7.13. The summed E-state index contributed by atoms with van der Waals surface area (Å²) in [6.45, 7) is 4.86. The van der Waals surface area contributed by atoms with Gasteiger partial charge in [0.05, 0.1) is 24.0 Å². The first-order valence-corrected chi connectivity index (χ1v) is 11.4. The van der Waals surface area contributed by atoms with E-state index in [4.69, 9.17) is 0 Å². The lowest BCUT2D eigenvalue weighted by atomic mass is 10.2. The summed E-state index contributed by atoms with van der Waals surface area (Å²) in [6.07, 6.45) is 1.19. The fourth-order valence-electron chi connectivity index (χ4n) is 4.02. The van der Waals surface area contributed by atoms with Crippen molar-refractivity contribution in [3.63, 3.8) is 0 Å². The third-order valence-corrected chi connectivity index (χ3v) is 5.84. The standard InChI is InChI=1S/C24H27F3N6O2/c1-2-8-28-21(34)17-30-11-13-32(14-12-30)23(35)20-16-29-33(22(20)31-9-3-4-10-31)19-7-5-6-18(15-19)24(25,26)27/h3-7,9-10,15-16H,2,8,11-14,17H2,1H3,(H,28,34). The molecule has 3 heterocycles. The summed E-state index contributed by atoms with van der Waals surface area (Å²) < 4.78 is 42.8. The lowest BCUT2D eigenvalue weighted by molar-refractivity contribution is -0.137. The zero-order chi connectivity index (χ0) is 25.0. The number of halogens is 3. The van der Waals surface area contributed by atoms with Gasteiger partial charge in [-0.3, -0.25) is 14.5 Å². The second-order valence-electron chi connectivity index (χ2n) is 8.35. The molecule has 0 radical (unpaired) electrons. The van der Waals surface area contributed by atoms with Gasteiger partial charge in [0.1, 0.15) is 5.56 Å². The maximum atomic E-state index is 13.4. The molecule has 0 unspecified atom stereocenters. The highest BCUT2D eigenvalue weighted by Crippen LogP contribution is 2.31. The van der Waals surface area contributed by atoms with Crippen LogP contribution in [0.3, 0.4) is 0 Å². The number of nitrogens with one attached hydrogen (secondary N) is 1. The Morgan fingerprint density at radius 2 is 1.77 bits per heavy atom. The number of piperazine rings is 1. The van der Waals surface area contributed by atoms with E-state index in [0.717, 1.165) is 18.6 Å². The van der Waals surface area contributed by atoms with E-state index in [1.165, 1.54) is 23.0 Å². The number of rotatable bonds is 7. The Balaban J connectivity index is 1.56. The van der Waals surface area contributed by atoms with E-state index in [-0.39, 0.29) is 29.6 Å². The molecule has 2 amide bonds. The molecule has 1 aliphatic rings. The Kier molecular flexibility index (Phi) is 7.25. The molecule has 4 rings (SSSR count). The van der Waals surface area contributed by atoms with Crippen LogP contribution in [0.4, 0.5) is 13.2 Å². The van der Waals surface area contributed by atoms with Gasteiger partial charge >= 0.3 is 6.18 Å². The molecule has 186 valence electrons. The maximum absolute atomic E-state index is 13.4. The maximum Gasteiger partial charge on any atom is 0.416 e. The molecule has 1 saturated heterocycles. The van der Waals surface area contributed by atoms with E-state index in [2.05, 4.69) is 10.4 Å². The van der Waals surface area contributed by atoms with Crippen molar-refractivity contribution in [2.45, 2.75) is 19.5 Å². The van der Waals surface area contributed by atoms with Crippen molar-refractivity contribution < 1.29 is 22.8 Å². The van der Waals surface area contributed by atoms with Crippen LogP contribution in [0.2, 0.25) is 0 Å². The summed E-state index contributed by atoms with van der Waals surface area (Å²) in [4.78, 5) is 29.1. The number of carbonyl (C=O) groups excluding carboxylic acids is 2. The van der Waals surface area contributed by atoms with E-state index >= 15 is 0 Å². The van der Waals surface area contributed by atoms with Crippen LogP contribution >= 0.6 is 0 Å². The fourth-order valence-corrected chi connectivity index (χ4v) is 4.02. The third kappa shape index (κ3) is 5.56. The van der Waals surface area contributed by atoms with Crippen molar-refractivity contribution in [2.75, 3.05) is 39.3 Å². The molecule has 8 nitrogen and oxygen atoms in total. The number of benzene rings is 1. The molecule has 3 aromatic rings. The topological polar surface area (TPSA) is 75.4 Å². The lowest BCUT2D eigenvalue weighted by Gasteiger charge is -2.34.